The van der Waals surface area contributed by atoms with E-state index in [1.54, 1.807) is 0 Å². The van der Waals surface area contributed by atoms with Gasteiger partial charge in [0.1, 0.15) is 0 Å². The van der Waals surface area contributed by atoms with E-state index in [1.165, 1.54) is 5.56 Å². The third kappa shape index (κ3) is 3.70. The molecule has 1 heterocycles. The maximum Gasteiger partial charge on any atom is 0.0406 e. The second-order valence-electron chi connectivity index (χ2n) is 5.29. The minimum absolute atomic E-state index is 0.0339. The Hall–Kier alpha value is -0.570. The van der Waals surface area contributed by atoms with Crippen molar-refractivity contribution in [1.29, 1.82) is 0 Å². The highest BCUT2D eigenvalue weighted by atomic mass is 35.5. The Bertz CT molecular complexity index is 353. The van der Waals surface area contributed by atoms with E-state index in [0.717, 1.165) is 43.8 Å². The van der Waals surface area contributed by atoms with Gasteiger partial charge in [-0.25, -0.2) is 0 Å². The van der Waals surface area contributed by atoms with E-state index in [-0.39, 0.29) is 5.54 Å². The molecule has 1 aliphatic rings. The summed E-state index contributed by atoms with van der Waals surface area (Å²) in [6, 6.07) is 8.10. The highest BCUT2D eigenvalue weighted by molar-refractivity contribution is 6.30. The lowest BCUT2D eigenvalue weighted by Crippen LogP contribution is -2.49. The average molecular weight is 253 g/mol. The second-order valence-corrected chi connectivity index (χ2v) is 5.73. The number of hydrogen-bond donors (Lipinski definition) is 1. The number of halogens is 1. The van der Waals surface area contributed by atoms with E-state index >= 15 is 0 Å². The van der Waals surface area contributed by atoms with Gasteiger partial charge in [0.05, 0.1) is 0 Å². The average Bonchev–Trinajstić information content (AvgIpc) is 2.33. The van der Waals surface area contributed by atoms with Crippen molar-refractivity contribution in [2.24, 2.45) is 5.73 Å². The summed E-state index contributed by atoms with van der Waals surface area (Å²) in [5.74, 6) is 0. The Morgan fingerprint density at radius 2 is 1.82 bits per heavy atom. The number of nitrogens with two attached hydrogens (primary N) is 1. The zero-order valence-corrected chi connectivity index (χ0v) is 11.2. The first kappa shape index (κ1) is 12.9. The molecule has 17 heavy (non-hydrogen) atoms. The predicted octanol–water partition coefficient (Wildman–Crippen LogP) is 2.70. The second kappa shape index (κ2) is 5.38. The Balaban J connectivity index is 1.87. The molecular weight excluding hydrogens is 232 g/mol. The van der Waals surface area contributed by atoms with Crippen LogP contribution in [-0.2, 0) is 6.42 Å². The number of nitrogens with zero attached hydrogens (tertiary/aromatic N) is 1. The molecule has 0 saturated carbocycles. The standard InChI is InChI=1S/C14H21ClN2/c1-17-10-8-14(16,9-11-17)7-6-12-2-4-13(15)5-3-12/h2-5H,6-11,16H2,1H3. The highest BCUT2D eigenvalue weighted by Gasteiger charge is 2.28. The summed E-state index contributed by atoms with van der Waals surface area (Å²) in [5.41, 5.74) is 7.81. The number of likely N-dealkylation sites (tertiary alicyclic amines) is 1. The highest BCUT2D eigenvalue weighted by Crippen LogP contribution is 2.24. The predicted molar refractivity (Wildman–Crippen MR) is 73.4 cm³/mol. The molecule has 2 nitrogen and oxygen atoms in total. The lowest BCUT2D eigenvalue weighted by Gasteiger charge is -2.37. The molecule has 2 rings (SSSR count). The van der Waals surface area contributed by atoms with E-state index < -0.39 is 0 Å². The Morgan fingerprint density at radius 3 is 2.41 bits per heavy atom. The van der Waals surface area contributed by atoms with E-state index in [9.17, 15) is 0 Å². The molecule has 1 fully saturated rings. The Morgan fingerprint density at radius 1 is 1.24 bits per heavy atom. The van der Waals surface area contributed by atoms with Crippen LogP contribution in [0.5, 0.6) is 0 Å². The lowest BCUT2D eigenvalue weighted by molar-refractivity contribution is 0.182. The van der Waals surface area contributed by atoms with Gasteiger partial charge in [-0.1, -0.05) is 23.7 Å². The van der Waals surface area contributed by atoms with Gasteiger partial charge in [-0.05, 0) is 63.5 Å². The Labute approximate surface area is 109 Å². The first-order valence-corrected chi connectivity index (χ1v) is 6.67. The molecule has 1 aromatic rings. The number of benzene rings is 1. The van der Waals surface area contributed by atoms with Crippen LogP contribution in [0.3, 0.4) is 0 Å². The molecule has 1 aromatic carbocycles. The first-order chi connectivity index (χ1) is 8.07. The van der Waals surface area contributed by atoms with Crippen molar-refractivity contribution >= 4 is 11.6 Å². The number of hydrogen-bond acceptors (Lipinski definition) is 2. The molecule has 0 aliphatic carbocycles. The van der Waals surface area contributed by atoms with Crippen LogP contribution in [0, 0.1) is 0 Å². The molecule has 0 aromatic heterocycles. The molecule has 2 N–H and O–H groups in total. The summed E-state index contributed by atoms with van der Waals surface area (Å²) in [6.45, 7) is 2.24. The summed E-state index contributed by atoms with van der Waals surface area (Å²) in [7, 11) is 2.17. The Kier molecular flexibility index (Phi) is 4.08. The third-order valence-electron chi connectivity index (χ3n) is 3.81. The molecule has 0 bridgehead atoms. The van der Waals surface area contributed by atoms with Gasteiger partial charge in [-0.3, -0.25) is 0 Å². The molecular formula is C14H21ClN2. The van der Waals surface area contributed by atoms with Crippen molar-refractivity contribution in [1.82, 2.24) is 4.90 Å². The minimum Gasteiger partial charge on any atom is -0.325 e. The number of aryl methyl sites for hydroxylation is 1. The van der Waals surface area contributed by atoms with Crippen LogP contribution >= 0.6 is 11.6 Å². The van der Waals surface area contributed by atoms with E-state index in [1.807, 2.05) is 12.1 Å². The first-order valence-electron chi connectivity index (χ1n) is 6.29. The van der Waals surface area contributed by atoms with Crippen molar-refractivity contribution in [2.75, 3.05) is 20.1 Å². The van der Waals surface area contributed by atoms with Crippen LogP contribution in [-0.4, -0.2) is 30.6 Å². The molecule has 3 heteroatoms. The van der Waals surface area contributed by atoms with Crippen LogP contribution in [0.1, 0.15) is 24.8 Å². The zero-order chi connectivity index (χ0) is 12.3. The molecule has 0 radical (unpaired) electrons. The normalized spacial score (nSPS) is 20.4. The molecule has 0 spiro atoms. The van der Waals surface area contributed by atoms with Crippen LogP contribution in [0.2, 0.25) is 5.02 Å². The maximum atomic E-state index is 6.45. The van der Waals surface area contributed by atoms with Crippen LogP contribution in [0.25, 0.3) is 0 Å². The summed E-state index contributed by atoms with van der Waals surface area (Å²) < 4.78 is 0. The van der Waals surface area contributed by atoms with Gasteiger partial charge in [0.25, 0.3) is 0 Å². The van der Waals surface area contributed by atoms with Crippen molar-refractivity contribution in [3.05, 3.63) is 34.9 Å². The maximum absolute atomic E-state index is 6.45. The van der Waals surface area contributed by atoms with Crippen molar-refractivity contribution in [2.45, 2.75) is 31.2 Å². The topological polar surface area (TPSA) is 29.3 Å². The third-order valence-corrected chi connectivity index (χ3v) is 4.06. The molecule has 0 atom stereocenters. The lowest BCUT2D eigenvalue weighted by atomic mass is 9.83. The fourth-order valence-corrected chi connectivity index (χ4v) is 2.48. The fraction of sp³-hybridized carbons (Fsp3) is 0.571. The number of rotatable bonds is 3. The van der Waals surface area contributed by atoms with E-state index in [0.29, 0.717) is 0 Å². The van der Waals surface area contributed by atoms with Crippen LogP contribution in [0.4, 0.5) is 0 Å². The van der Waals surface area contributed by atoms with Gasteiger partial charge in [-0.15, -0.1) is 0 Å². The molecule has 1 saturated heterocycles. The van der Waals surface area contributed by atoms with E-state index in [2.05, 4.69) is 24.1 Å². The van der Waals surface area contributed by atoms with Crippen molar-refractivity contribution in [3.63, 3.8) is 0 Å². The van der Waals surface area contributed by atoms with Gasteiger partial charge in [0.2, 0.25) is 0 Å². The van der Waals surface area contributed by atoms with Crippen LogP contribution in [0.15, 0.2) is 24.3 Å². The SMILES string of the molecule is CN1CCC(N)(CCc2ccc(Cl)cc2)CC1. The molecule has 1 aliphatic heterocycles. The largest absolute Gasteiger partial charge is 0.325 e. The van der Waals surface area contributed by atoms with Gasteiger partial charge in [0.15, 0.2) is 0 Å². The van der Waals surface area contributed by atoms with Gasteiger partial charge < -0.3 is 10.6 Å². The van der Waals surface area contributed by atoms with Gasteiger partial charge in [0, 0.05) is 10.6 Å². The quantitative estimate of drug-likeness (QED) is 0.896. The zero-order valence-electron chi connectivity index (χ0n) is 10.5. The minimum atomic E-state index is 0.0339. The van der Waals surface area contributed by atoms with Crippen molar-refractivity contribution < 1.29 is 0 Å². The van der Waals surface area contributed by atoms with Crippen molar-refractivity contribution in [3.8, 4) is 0 Å². The summed E-state index contributed by atoms with van der Waals surface area (Å²) in [4.78, 5) is 2.35. The summed E-state index contributed by atoms with van der Waals surface area (Å²) in [6.07, 6.45) is 4.34. The smallest absolute Gasteiger partial charge is 0.0406 e. The monoisotopic (exact) mass is 252 g/mol. The van der Waals surface area contributed by atoms with Gasteiger partial charge >= 0.3 is 0 Å². The molecule has 0 amide bonds. The number of piperidine rings is 1. The van der Waals surface area contributed by atoms with Gasteiger partial charge in [-0.2, -0.15) is 0 Å². The van der Waals surface area contributed by atoms with Crippen LogP contribution < -0.4 is 5.73 Å². The fourth-order valence-electron chi connectivity index (χ4n) is 2.36. The molecule has 94 valence electrons. The molecule has 0 unspecified atom stereocenters. The summed E-state index contributed by atoms with van der Waals surface area (Å²) >= 11 is 5.87. The summed E-state index contributed by atoms with van der Waals surface area (Å²) in [5, 5.41) is 0.801. The van der Waals surface area contributed by atoms with E-state index in [4.69, 9.17) is 17.3 Å².